The van der Waals surface area contributed by atoms with Crippen molar-refractivity contribution in [2.45, 2.75) is 25.8 Å². The fraction of sp³-hybridized carbons (Fsp3) is 0.400. The summed E-state index contributed by atoms with van der Waals surface area (Å²) in [6.45, 7) is 2.90. The van der Waals surface area contributed by atoms with E-state index in [1.807, 2.05) is 4.68 Å². The molecule has 1 aromatic heterocycles. The number of nitrogens with one attached hydrogen (secondary N) is 1. The van der Waals surface area contributed by atoms with E-state index < -0.39 is 4.92 Å². The van der Waals surface area contributed by atoms with Crippen LogP contribution in [0.1, 0.15) is 24.4 Å². The monoisotopic (exact) mass is 330 g/mol. The van der Waals surface area contributed by atoms with Crippen molar-refractivity contribution in [3.05, 3.63) is 46.5 Å². The van der Waals surface area contributed by atoms with Crippen LogP contribution < -0.4 is 5.32 Å². The number of hydrogen-bond acceptors (Lipinski definition) is 5. The Balaban J connectivity index is 1.58. The third-order valence-electron chi connectivity index (χ3n) is 4.21. The molecule has 0 unspecified atom stereocenters. The maximum Gasteiger partial charge on any atom is 0.321 e. The van der Waals surface area contributed by atoms with E-state index in [9.17, 15) is 14.9 Å². The van der Waals surface area contributed by atoms with Crippen molar-refractivity contribution in [2.24, 2.45) is 0 Å². The lowest BCUT2D eigenvalue weighted by Gasteiger charge is -2.31. The molecule has 1 saturated heterocycles. The Kier molecular flexibility index (Phi) is 4.41. The van der Waals surface area contributed by atoms with Gasteiger partial charge in [-0.15, -0.1) is 0 Å². The molecule has 1 aliphatic heterocycles. The maximum absolute atomic E-state index is 12.3. The molecule has 2 heterocycles. The number of nitro benzene ring substituents is 1. The van der Waals surface area contributed by atoms with Gasteiger partial charge in [-0.05, 0) is 31.9 Å². The Morgan fingerprint density at radius 3 is 2.71 bits per heavy atom. The fourth-order valence-electron chi connectivity index (χ4n) is 2.88. The average molecular weight is 330 g/mol. The van der Waals surface area contributed by atoms with E-state index in [4.69, 9.17) is 0 Å². The predicted octanol–water partition coefficient (Wildman–Crippen LogP) is 2.36. The Morgan fingerprint density at radius 1 is 1.38 bits per heavy atom. The van der Waals surface area contributed by atoms with Gasteiger partial charge >= 0.3 is 6.03 Å². The smallest absolute Gasteiger partial charge is 0.321 e. The number of piperidine rings is 1. The van der Waals surface area contributed by atoms with Crippen LogP contribution in [0.5, 0.6) is 0 Å². The minimum atomic E-state index is -0.435. The number of nitrogens with zero attached hydrogens (tertiary/aromatic N) is 5. The molecule has 0 spiro atoms. The molecule has 0 aliphatic carbocycles. The van der Waals surface area contributed by atoms with Gasteiger partial charge in [0, 0.05) is 30.4 Å². The van der Waals surface area contributed by atoms with Gasteiger partial charge in [0.1, 0.15) is 12.7 Å². The number of rotatable bonds is 3. The topological polar surface area (TPSA) is 106 Å². The molecule has 2 amide bonds. The van der Waals surface area contributed by atoms with Crippen LogP contribution in [0, 0.1) is 17.0 Å². The number of hydrogen-bond donors (Lipinski definition) is 1. The largest absolute Gasteiger partial charge is 0.324 e. The summed E-state index contributed by atoms with van der Waals surface area (Å²) in [6, 6.07) is 4.63. The second-order valence-electron chi connectivity index (χ2n) is 5.78. The zero-order valence-corrected chi connectivity index (χ0v) is 13.3. The molecule has 9 nitrogen and oxygen atoms in total. The molecular weight excluding hydrogens is 312 g/mol. The number of carbonyl (C=O) groups excluding carboxylic acids is 1. The first-order valence-electron chi connectivity index (χ1n) is 7.69. The van der Waals surface area contributed by atoms with E-state index in [-0.39, 0.29) is 17.8 Å². The molecule has 0 saturated carbocycles. The standard InChI is InChI=1S/C15H18N6O3/c1-11-8-12(2-3-14(11)21(23)24)18-15(22)19-6-4-13(5-7-19)20-10-16-9-17-20/h2-3,8-10,13H,4-7H2,1H3,(H,18,22). The lowest BCUT2D eigenvalue weighted by molar-refractivity contribution is -0.385. The van der Waals surface area contributed by atoms with Gasteiger partial charge in [0.25, 0.3) is 5.69 Å². The third-order valence-corrected chi connectivity index (χ3v) is 4.21. The molecule has 1 N–H and O–H groups in total. The molecular formula is C15H18N6O3. The summed E-state index contributed by atoms with van der Waals surface area (Å²) in [6.07, 6.45) is 4.84. The maximum atomic E-state index is 12.3. The number of likely N-dealkylation sites (tertiary alicyclic amines) is 1. The van der Waals surface area contributed by atoms with E-state index in [0.29, 0.717) is 24.3 Å². The van der Waals surface area contributed by atoms with Crippen molar-refractivity contribution >= 4 is 17.4 Å². The summed E-state index contributed by atoms with van der Waals surface area (Å²) < 4.78 is 1.83. The SMILES string of the molecule is Cc1cc(NC(=O)N2CCC(n3cncn3)CC2)ccc1[N+](=O)[O-]. The average Bonchev–Trinajstić information content (AvgIpc) is 3.09. The zero-order chi connectivity index (χ0) is 17.1. The quantitative estimate of drug-likeness (QED) is 0.687. The number of nitro groups is 1. The molecule has 0 radical (unpaired) electrons. The van der Waals surface area contributed by atoms with E-state index >= 15 is 0 Å². The van der Waals surface area contributed by atoms with Crippen LogP contribution in [-0.2, 0) is 0 Å². The first kappa shape index (κ1) is 15.9. The molecule has 1 aromatic carbocycles. The second-order valence-corrected chi connectivity index (χ2v) is 5.78. The van der Waals surface area contributed by atoms with Gasteiger partial charge in [-0.1, -0.05) is 0 Å². The summed E-state index contributed by atoms with van der Waals surface area (Å²) in [4.78, 5) is 28.4. The van der Waals surface area contributed by atoms with Crippen molar-refractivity contribution in [3.63, 3.8) is 0 Å². The van der Waals surface area contributed by atoms with E-state index in [0.717, 1.165) is 12.8 Å². The molecule has 0 bridgehead atoms. The highest BCUT2D eigenvalue weighted by molar-refractivity contribution is 5.89. The van der Waals surface area contributed by atoms with Crippen LogP contribution in [0.4, 0.5) is 16.2 Å². The Bertz CT molecular complexity index is 738. The molecule has 3 rings (SSSR count). The molecule has 2 aromatic rings. The zero-order valence-electron chi connectivity index (χ0n) is 13.3. The van der Waals surface area contributed by atoms with Gasteiger partial charge < -0.3 is 10.2 Å². The summed E-state index contributed by atoms with van der Waals surface area (Å²) >= 11 is 0. The van der Waals surface area contributed by atoms with Gasteiger partial charge in [0.15, 0.2) is 0 Å². The van der Waals surface area contributed by atoms with Crippen LogP contribution in [0.15, 0.2) is 30.9 Å². The molecule has 9 heteroatoms. The molecule has 24 heavy (non-hydrogen) atoms. The van der Waals surface area contributed by atoms with E-state index in [2.05, 4.69) is 15.4 Å². The highest BCUT2D eigenvalue weighted by Gasteiger charge is 2.24. The van der Waals surface area contributed by atoms with Crippen LogP contribution >= 0.6 is 0 Å². The second kappa shape index (κ2) is 6.65. The number of aromatic nitrogens is 3. The highest BCUT2D eigenvalue weighted by Crippen LogP contribution is 2.24. The Hall–Kier alpha value is -2.97. The van der Waals surface area contributed by atoms with Crippen molar-refractivity contribution in [1.82, 2.24) is 19.7 Å². The normalized spacial score (nSPS) is 15.3. The van der Waals surface area contributed by atoms with Crippen LogP contribution in [0.3, 0.4) is 0 Å². The lowest BCUT2D eigenvalue weighted by atomic mass is 10.1. The predicted molar refractivity (Wildman–Crippen MR) is 86.7 cm³/mol. The third kappa shape index (κ3) is 3.34. The summed E-state index contributed by atoms with van der Waals surface area (Å²) in [5.74, 6) is 0. The Labute approximate surface area is 138 Å². The van der Waals surface area contributed by atoms with Gasteiger partial charge in [-0.25, -0.2) is 14.5 Å². The van der Waals surface area contributed by atoms with Gasteiger partial charge in [0.2, 0.25) is 0 Å². The summed E-state index contributed by atoms with van der Waals surface area (Å²) in [7, 11) is 0. The van der Waals surface area contributed by atoms with Crippen molar-refractivity contribution in [3.8, 4) is 0 Å². The molecule has 0 atom stereocenters. The van der Waals surface area contributed by atoms with E-state index in [1.165, 1.54) is 12.4 Å². The van der Waals surface area contributed by atoms with Crippen molar-refractivity contribution < 1.29 is 9.72 Å². The minimum Gasteiger partial charge on any atom is -0.324 e. The van der Waals surface area contributed by atoms with Gasteiger partial charge in [-0.3, -0.25) is 10.1 Å². The number of amides is 2. The van der Waals surface area contributed by atoms with Gasteiger partial charge in [0.05, 0.1) is 11.0 Å². The molecule has 1 fully saturated rings. The highest BCUT2D eigenvalue weighted by atomic mass is 16.6. The van der Waals surface area contributed by atoms with E-state index in [1.54, 1.807) is 30.3 Å². The fourth-order valence-corrected chi connectivity index (χ4v) is 2.88. The minimum absolute atomic E-state index is 0.0432. The first-order valence-corrected chi connectivity index (χ1v) is 7.69. The number of urea groups is 1. The lowest BCUT2D eigenvalue weighted by Crippen LogP contribution is -2.41. The van der Waals surface area contributed by atoms with Crippen LogP contribution in [-0.4, -0.2) is 43.7 Å². The van der Waals surface area contributed by atoms with Crippen LogP contribution in [0.2, 0.25) is 0 Å². The summed E-state index contributed by atoms with van der Waals surface area (Å²) in [5.41, 5.74) is 1.12. The molecule has 126 valence electrons. The summed E-state index contributed by atoms with van der Waals surface area (Å²) in [5, 5.41) is 17.8. The number of benzene rings is 1. The van der Waals surface area contributed by atoms with Crippen LogP contribution in [0.25, 0.3) is 0 Å². The number of aryl methyl sites for hydroxylation is 1. The van der Waals surface area contributed by atoms with Gasteiger partial charge in [-0.2, -0.15) is 5.10 Å². The van der Waals surface area contributed by atoms with Crippen molar-refractivity contribution in [1.29, 1.82) is 0 Å². The van der Waals surface area contributed by atoms with Crippen molar-refractivity contribution in [2.75, 3.05) is 18.4 Å². The molecule has 1 aliphatic rings. The number of anilines is 1. The Morgan fingerprint density at radius 2 is 2.12 bits per heavy atom. The first-order chi connectivity index (χ1) is 11.5. The number of carbonyl (C=O) groups is 1.